The van der Waals surface area contributed by atoms with Gasteiger partial charge in [-0.25, -0.2) is 0 Å². The molecule has 0 aromatic carbocycles. The maximum absolute atomic E-state index is 12.4. The van der Waals surface area contributed by atoms with Crippen LogP contribution in [0.4, 0.5) is 0 Å². The van der Waals surface area contributed by atoms with Crippen molar-refractivity contribution < 1.29 is 14.7 Å². The largest absolute Gasteiger partial charge is 0.393 e. The molecule has 3 saturated carbocycles. The fourth-order valence-corrected chi connectivity index (χ4v) is 4.88. The van der Waals surface area contributed by atoms with Gasteiger partial charge in [-0.15, -0.1) is 0 Å². The van der Waals surface area contributed by atoms with Crippen LogP contribution < -0.4 is 0 Å². The van der Waals surface area contributed by atoms with Crippen molar-refractivity contribution in [3.63, 3.8) is 0 Å². The third-order valence-electron chi connectivity index (χ3n) is 6.61. The monoisotopic (exact) mass is 291 g/mol. The van der Waals surface area contributed by atoms with Gasteiger partial charge in [0.15, 0.2) is 0 Å². The van der Waals surface area contributed by atoms with Gasteiger partial charge in [-0.05, 0) is 56.3 Å². The molecule has 0 saturated heterocycles. The number of oxime groups is 1. The van der Waals surface area contributed by atoms with Crippen LogP contribution in [-0.2, 0) is 9.63 Å². The number of carbonyl (C=O) groups excluding carboxylic acids is 1. The van der Waals surface area contributed by atoms with Crippen molar-refractivity contribution in [2.75, 3.05) is 0 Å². The average molecular weight is 291 g/mol. The lowest BCUT2D eigenvalue weighted by molar-refractivity contribution is -0.133. The van der Waals surface area contributed by atoms with Crippen LogP contribution in [0.1, 0.15) is 64.7 Å². The van der Waals surface area contributed by atoms with Crippen LogP contribution in [0.2, 0.25) is 0 Å². The van der Waals surface area contributed by atoms with E-state index in [1.165, 1.54) is 0 Å². The summed E-state index contributed by atoms with van der Waals surface area (Å²) < 4.78 is 0. The summed E-state index contributed by atoms with van der Waals surface area (Å²) in [5.41, 5.74) is 1.17. The number of nitrogens with zero attached hydrogens (tertiary/aromatic N) is 1. The van der Waals surface area contributed by atoms with Crippen LogP contribution in [0.15, 0.2) is 5.16 Å². The standard InChI is InChI=1S/C17H25NO3/c1-16-7-6-14(19)12(13(16)4-5-15(16)20)3-2-11-10-17(8-9-17)21-18-11/h12-13,15,20H,2-10H2,1H3/t12?,13-,15-,16-/m0/s1. The molecule has 0 aromatic heterocycles. The molecule has 0 amide bonds. The summed E-state index contributed by atoms with van der Waals surface area (Å²) in [5.74, 6) is 0.901. The molecule has 1 aliphatic heterocycles. The Morgan fingerprint density at radius 3 is 2.86 bits per heavy atom. The molecule has 3 fully saturated rings. The third kappa shape index (κ3) is 2.14. The molecule has 4 atom stereocenters. The lowest BCUT2D eigenvalue weighted by atomic mass is 9.62. The second kappa shape index (κ2) is 4.55. The molecule has 0 aromatic rings. The van der Waals surface area contributed by atoms with E-state index in [2.05, 4.69) is 12.1 Å². The second-order valence-electron chi connectivity index (χ2n) is 7.93. The van der Waals surface area contributed by atoms with E-state index in [1.807, 2.05) is 0 Å². The van der Waals surface area contributed by atoms with Crippen molar-refractivity contribution >= 4 is 11.5 Å². The van der Waals surface area contributed by atoms with Crippen molar-refractivity contribution in [2.45, 2.75) is 76.4 Å². The molecular formula is C17H25NO3. The predicted octanol–water partition coefficient (Wildman–Crippen LogP) is 2.83. The molecule has 116 valence electrons. The number of ketones is 1. The Hall–Kier alpha value is -0.900. The fourth-order valence-electron chi connectivity index (χ4n) is 4.88. The highest BCUT2D eigenvalue weighted by Gasteiger charge is 2.54. The summed E-state index contributed by atoms with van der Waals surface area (Å²) in [6, 6.07) is 0. The first-order valence-corrected chi connectivity index (χ1v) is 8.47. The number of aliphatic hydroxyl groups excluding tert-OH is 1. The van der Waals surface area contributed by atoms with E-state index in [1.54, 1.807) is 0 Å². The first-order chi connectivity index (χ1) is 10.0. The predicted molar refractivity (Wildman–Crippen MR) is 78.9 cm³/mol. The molecule has 1 heterocycles. The number of hydrogen-bond acceptors (Lipinski definition) is 4. The Kier molecular flexibility index (Phi) is 2.97. The van der Waals surface area contributed by atoms with Crippen molar-refractivity contribution in [1.29, 1.82) is 0 Å². The van der Waals surface area contributed by atoms with Crippen LogP contribution in [0.5, 0.6) is 0 Å². The lowest BCUT2D eigenvalue weighted by Crippen LogP contribution is -2.43. The topological polar surface area (TPSA) is 58.9 Å². The normalized spacial score (nSPS) is 43.6. The van der Waals surface area contributed by atoms with E-state index in [9.17, 15) is 9.90 Å². The first kappa shape index (κ1) is 13.7. The fraction of sp³-hybridized carbons (Fsp3) is 0.882. The number of Topliss-reactive ketones (excluding diaryl/α,β-unsaturated/α-hetero) is 1. The summed E-state index contributed by atoms with van der Waals surface area (Å²) in [5, 5.41) is 14.5. The van der Waals surface area contributed by atoms with Gasteiger partial charge in [-0.2, -0.15) is 0 Å². The van der Waals surface area contributed by atoms with E-state index in [4.69, 9.17) is 4.84 Å². The summed E-state index contributed by atoms with van der Waals surface area (Å²) in [7, 11) is 0. The quantitative estimate of drug-likeness (QED) is 0.870. The smallest absolute Gasteiger partial charge is 0.143 e. The van der Waals surface area contributed by atoms with Gasteiger partial charge in [0.2, 0.25) is 0 Å². The van der Waals surface area contributed by atoms with Crippen molar-refractivity contribution in [3.05, 3.63) is 0 Å². The van der Waals surface area contributed by atoms with Crippen LogP contribution in [-0.4, -0.2) is 28.3 Å². The summed E-state index contributed by atoms with van der Waals surface area (Å²) in [4.78, 5) is 17.9. The van der Waals surface area contributed by atoms with Gasteiger partial charge in [0.1, 0.15) is 11.4 Å². The molecule has 4 heteroatoms. The molecule has 3 aliphatic carbocycles. The zero-order valence-corrected chi connectivity index (χ0v) is 12.8. The molecule has 0 bridgehead atoms. The number of fused-ring (bicyclic) bond motifs is 1. The number of carbonyl (C=O) groups is 1. The molecule has 0 radical (unpaired) electrons. The van der Waals surface area contributed by atoms with Gasteiger partial charge in [0, 0.05) is 18.8 Å². The van der Waals surface area contributed by atoms with Gasteiger partial charge >= 0.3 is 0 Å². The molecule has 1 N–H and O–H groups in total. The van der Waals surface area contributed by atoms with Crippen molar-refractivity contribution in [2.24, 2.45) is 22.4 Å². The Balaban J connectivity index is 1.42. The van der Waals surface area contributed by atoms with Gasteiger partial charge in [0.05, 0.1) is 11.8 Å². The van der Waals surface area contributed by atoms with Crippen LogP contribution >= 0.6 is 0 Å². The first-order valence-electron chi connectivity index (χ1n) is 8.47. The molecule has 1 unspecified atom stereocenters. The van der Waals surface area contributed by atoms with E-state index < -0.39 is 0 Å². The summed E-state index contributed by atoms with van der Waals surface area (Å²) in [6.45, 7) is 2.18. The Labute approximate surface area is 125 Å². The third-order valence-corrected chi connectivity index (χ3v) is 6.61. The molecular weight excluding hydrogens is 266 g/mol. The zero-order valence-electron chi connectivity index (χ0n) is 12.8. The second-order valence-corrected chi connectivity index (χ2v) is 7.93. The Morgan fingerprint density at radius 1 is 1.33 bits per heavy atom. The number of rotatable bonds is 3. The summed E-state index contributed by atoms with van der Waals surface area (Å²) >= 11 is 0. The van der Waals surface area contributed by atoms with E-state index >= 15 is 0 Å². The van der Waals surface area contributed by atoms with E-state index in [0.717, 1.165) is 57.1 Å². The van der Waals surface area contributed by atoms with Crippen molar-refractivity contribution in [3.8, 4) is 0 Å². The SMILES string of the molecule is C[C@]12CCC(=O)C(CCC3=NOC4(CC4)C3)[C@@H]1CC[C@@H]2O. The molecule has 21 heavy (non-hydrogen) atoms. The molecule has 4 nitrogen and oxygen atoms in total. The Bertz CT molecular complexity index is 496. The highest BCUT2D eigenvalue weighted by atomic mass is 16.7. The molecule has 4 aliphatic rings. The van der Waals surface area contributed by atoms with Gasteiger partial charge in [-0.3, -0.25) is 4.79 Å². The van der Waals surface area contributed by atoms with Gasteiger partial charge in [-0.1, -0.05) is 12.1 Å². The molecule has 1 spiro atoms. The summed E-state index contributed by atoms with van der Waals surface area (Å²) in [6.07, 6.45) is 8.16. The van der Waals surface area contributed by atoms with Crippen LogP contribution in [0, 0.1) is 17.3 Å². The maximum atomic E-state index is 12.4. The van der Waals surface area contributed by atoms with E-state index in [-0.39, 0.29) is 23.0 Å². The average Bonchev–Trinajstić information content (AvgIpc) is 2.99. The maximum Gasteiger partial charge on any atom is 0.143 e. The number of hydrogen-bond donors (Lipinski definition) is 1. The minimum Gasteiger partial charge on any atom is -0.393 e. The highest BCUT2D eigenvalue weighted by molar-refractivity contribution is 5.88. The van der Waals surface area contributed by atoms with Crippen LogP contribution in [0.3, 0.4) is 0 Å². The Morgan fingerprint density at radius 2 is 2.14 bits per heavy atom. The van der Waals surface area contributed by atoms with Crippen molar-refractivity contribution in [1.82, 2.24) is 0 Å². The van der Waals surface area contributed by atoms with E-state index in [0.29, 0.717) is 18.1 Å². The molecule has 4 rings (SSSR count). The number of aliphatic hydroxyl groups is 1. The zero-order chi connectivity index (χ0) is 14.7. The minimum absolute atomic E-state index is 0.0374. The van der Waals surface area contributed by atoms with Gasteiger partial charge in [0.25, 0.3) is 0 Å². The highest BCUT2D eigenvalue weighted by Crippen LogP contribution is 2.54. The van der Waals surface area contributed by atoms with Crippen LogP contribution in [0.25, 0.3) is 0 Å². The minimum atomic E-state index is -0.222. The van der Waals surface area contributed by atoms with Gasteiger partial charge < -0.3 is 9.94 Å². The lowest BCUT2D eigenvalue weighted by Gasteiger charge is -2.42.